The molecule has 2 saturated heterocycles. The van der Waals surface area contributed by atoms with E-state index in [-0.39, 0.29) is 11.9 Å². The van der Waals surface area contributed by atoms with Crippen LogP contribution in [-0.4, -0.2) is 73.1 Å². The van der Waals surface area contributed by atoms with E-state index in [4.69, 9.17) is 0 Å². The standard InChI is InChI=1S/C22H42N4O/c1-4-12-25-13-10-20(11-14-25)26-16-19(15-21(26)22(27)23-3)24-18-8-6-17(5-2)7-9-18/h17-21,24H,4-16H2,1-3H3,(H,23,27)/t17?,18?,19-,21+/m1/s1. The minimum Gasteiger partial charge on any atom is -0.358 e. The van der Waals surface area contributed by atoms with Crippen molar-refractivity contribution in [1.82, 2.24) is 20.4 Å². The molecule has 0 spiro atoms. The molecule has 1 amide bonds. The van der Waals surface area contributed by atoms with Crippen molar-refractivity contribution in [3.05, 3.63) is 0 Å². The minimum atomic E-state index is 0.0576. The maximum Gasteiger partial charge on any atom is 0.237 e. The van der Waals surface area contributed by atoms with E-state index in [1.807, 2.05) is 0 Å². The van der Waals surface area contributed by atoms with Gasteiger partial charge in [0.05, 0.1) is 6.04 Å². The van der Waals surface area contributed by atoms with E-state index in [2.05, 4.69) is 34.3 Å². The van der Waals surface area contributed by atoms with E-state index in [1.54, 1.807) is 7.05 Å². The first-order chi connectivity index (χ1) is 13.1. The summed E-state index contributed by atoms with van der Waals surface area (Å²) in [4.78, 5) is 17.7. The van der Waals surface area contributed by atoms with Crippen LogP contribution in [-0.2, 0) is 4.79 Å². The summed E-state index contributed by atoms with van der Waals surface area (Å²) in [6, 6.07) is 1.77. The molecule has 2 N–H and O–H groups in total. The monoisotopic (exact) mass is 378 g/mol. The molecule has 2 atom stereocenters. The number of hydrogen-bond donors (Lipinski definition) is 2. The van der Waals surface area contributed by atoms with Gasteiger partial charge in [0.2, 0.25) is 5.91 Å². The first kappa shape index (κ1) is 21.1. The first-order valence-electron chi connectivity index (χ1n) is 11.6. The van der Waals surface area contributed by atoms with Gasteiger partial charge in [-0.3, -0.25) is 9.69 Å². The van der Waals surface area contributed by atoms with Gasteiger partial charge in [0.15, 0.2) is 0 Å². The molecule has 5 nitrogen and oxygen atoms in total. The topological polar surface area (TPSA) is 47.6 Å². The Labute approximate surface area is 166 Å². The van der Waals surface area contributed by atoms with E-state index >= 15 is 0 Å². The third-order valence-electron chi connectivity index (χ3n) is 7.35. The largest absolute Gasteiger partial charge is 0.358 e. The Hall–Kier alpha value is -0.650. The van der Waals surface area contributed by atoms with Gasteiger partial charge in [0.1, 0.15) is 0 Å². The maximum absolute atomic E-state index is 12.6. The molecular formula is C22H42N4O. The molecule has 0 aromatic carbocycles. The molecule has 3 fully saturated rings. The Kier molecular flexibility index (Phi) is 7.97. The third kappa shape index (κ3) is 5.45. The third-order valence-corrected chi connectivity index (χ3v) is 7.35. The summed E-state index contributed by atoms with van der Waals surface area (Å²) in [7, 11) is 1.79. The minimum absolute atomic E-state index is 0.0576. The molecule has 0 aromatic heterocycles. The smallest absolute Gasteiger partial charge is 0.237 e. The van der Waals surface area contributed by atoms with Gasteiger partial charge in [0, 0.05) is 31.7 Å². The summed E-state index contributed by atoms with van der Waals surface area (Å²) < 4.78 is 0. The SMILES string of the molecule is CCCN1CCC(N2C[C@H](NC3CCC(CC)CC3)C[C@H]2C(=O)NC)CC1. The predicted molar refractivity (Wildman–Crippen MR) is 112 cm³/mol. The van der Waals surface area contributed by atoms with Crippen LogP contribution in [0.5, 0.6) is 0 Å². The predicted octanol–water partition coefficient (Wildman–Crippen LogP) is 2.61. The number of nitrogens with zero attached hydrogens (tertiary/aromatic N) is 2. The molecule has 0 radical (unpaired) electrons. The van der Waals surface area contributed by atoms with Crippen molar-refractivity contribution in [2.24, 2.45) is 5.92 Å². The number of rotatable bonds is 7. The van der Waals surface area contributed by atoms with E-state index in [9.17, 15) is 4.79 Å². The van der Waals surface area contributed by atoms with Gasteiger partial charge in [-0.25, -0.2) is 0 Å². The molecule has 0 unspecified atom stereocenters. The highest BCUT2D eigenvalue weighted by Crippen LogP contribution is 2.30. The number of carbonyl (C=O) groups is 1. The molecule has 0 bridgehead atoms. The zero-order valence-electron chi connectivity index (χ0n) is 17.9. The van der Waals surface area contributed by atoms with E-state index in [1.165, 1.54) is 71.0 Å². The number of amides is 1. The summed E-state index contributed by atoms with van der Waals surface area (Å²) in [6.45, 7) is 9.23. The van der Waals surface area contributed by atoms with E-state index in [0.29, 0.717) is 18.1 Å². The molecule has 0 aromatic rings. The highest BCUT2D eigenvalue weighted by molar-refractivity contribution is 5.82. The molecule has 156 valence electrons. The van der Waals surface area contributed by atoms with Crippen LogP contribution in [0.25, 0.3) is 0 Å². The van der Waals surface area contributed by atoms with Gasteiger partial charge in [-0.05, 0) is 76.9 Å². The number of hydrogen-bond acceptors (Lipinski definition) is 4. The quantitative estimate of drug-likeness (QED) is 0.715. The molecular weight excluding hydrogens is 336 g/mol. The number of likely N-dealkylation sites (N-methyl/N-ethyl adjacent to an activating group) is 1. The van der Waals surface area contributed by atoms with Crippen molar-refractivity contribution in [2.75, 3.05) is 33.2 Å². The lowest BCUT2D eigenvalue weighted by Gasteiger charge is -2.39. The van der Waals surface area contributed by atoms with E-state index < -0.39 is 0 Å². The molecule has 5 heteroatoms. The van der Waals surface area contributed by atoms with Crippen LogP contribution in [0.3, 0.4) is 0 Å². The van der Waals surface area contributed by atoms with E-state index in [0.717, 1.165) is 18.9 Å². The molecule has 1 saturated carbocycles. The highest BCUT2D eigenvalue weighted by atomic mass is 16.2. The Balaban J connectivity index is 1.54. The summed E-state index contributed by atoms with van der Waals surface area (Å²) in [5.74, 6) is 1.15. The van der Waals surface area contributed by atoms with Crippen LogP contribution in [0.1, 0.15) is 71.6 Å². The molecule has 1 aliphatic carbocycles. The van der Waals surface area contributed by atoms with Crippen molar-refractivity contribution >= 4 is 5.91 Å². The number of nitrogens with one attached hydrogen (secondary N) is 2. The van der Waals surface area contributed by atoms with Gasteiger partial charge in [0.25, 0.3) is 0 Å². The number of likely N-dealkylation sites (tertiary alicyclic amines) is 2. The fourth-order valence-corrected chi connectivity index (χ4v) is 5.67. The average molecular weight is 379 g/mol. The van der Waals surface area contributed by atoms with Crippen molar-refractivity contribution in [3.8, 4) is 0 Å². The first-order valence-corrected chi connectivity index (χ1v) is 11.6. The zero-order chi connectivity index (χ0) is 19.2. The lowest BCUT2D eigenvalue weighted by molar-refractivity contribution is -0.126. The fourth-order valence-electron chi connectivity index (χ4n) is 5.67. The van der Waals surface area contributed by atoms with Crippen molar-refractivity contribution in [2.45, 2.75) is 95.8 Å². The van der Waals surface area contributed by atoms with Gasteiger partial charge >= 0.3 is 0 Å². The molecule has 2 aliphatic heterocycles. The second-order valence-electron chi connectivity index (χ2n) is 9.12. The van der Waals surface area contributed by atoms with Crippen LogP contribution >= 0.6 is 0 Å². The second kappa shape index (κ2) is 10.2. The lowest BCUT2D eigenvalue weighted by Crippen LogP contribution is -2.51. The second-order valence-corrected chi connectivity index (χ2v) is 9.12. The molecule has 3 rings (SSSR count). The summed E-state index contributed by atoms with van der Waals surface area (Å²) in [5.41, 5.74) is 0. The van der Waals surface area contributed by atoms with Crippen LogP contribution in [0.15, 0.2) is 0 Å². The fraction of sp³-hybridized carbons (Fsp3) is 0.955. The maximum atomic E-state index is 12.6. The molecule has 27 heavy (non-hydrogen) atoms. The zero-order valence-corrected chi connectivity index (χ0v) is 17.9. The summed E-state index contributed by atoms with van der Waals surface area (Å²) in [6.07, 6.45) is 11.3. The Morgan fingerprint density at radius 1 is 1.00 bits per heavy atom. The average Bonchev–Trinajstić information content (AvgIpc) is 3.12. The van der Waals surface area contributed by atoms with Crippen molar-refractivity contribution in [1.29, 1.82) is 0 Å². The van der Waals surface area contributed by atoms with Gasteiger partial charge < -0.3 is 15.5 Å². The highest BCUT2D eigenvalue weighted by Gasteiger charge is 2.41. The van der Waals surface area contributed by atoms with Crippen LogP contribution in [0.4, 0.5) is 0 Å². The van der Waals surface area contributed by atoms with Crippen LogP contribution < -0.4 is 10.6 Å². The van der Waals surface area contributed by atoms with Crippen LogP contribution in [0.2, 0.25) is 0 Å². The Bertz CT molecular complexity index is 455. The van der Waals surface area contributed by atoms with Crippen molar-refractivity contribution < 1.29 is 4.79 Å². The van der Waals surface area contributed by atoms with Gasteiger partial charge in [-0.2, -0.15) is 0 Å². The lowest BCUT2D eigenvalue weighted by atomic mass is 9.84. The summed E-state index contributed by atoms with van der Waals surface area (Å²) >= 11 is 0. The molecule has 2 heterocycles. The Morgan fingerprint density at radius 3 is 2.30 bits per heavy atom. The normalized spacial score (nSPS) is 34.0. The Morgan fingerprint density at radius 2 is 1.70 bits per heavy atom. The van der Waals surface area contributed by atoms with Crippen molar-refractivity contribution in [3.63, 3.8) is 0 Å². The number of carbonyl (C=O) groups excluding carboxylic acids is 1. The molecule has 3 aliphatic rings. The summed E-state index contributed by atoms with van der Waals surface area (Å²) in [5, 5.41) is 6.86. The van der Waals surface area contributed by atoms with Gasteiger partial charge in [-0.1, -0.05) is 20.3 Å². The van der Waals surface area contributed by atoms with Crippen LogP contribution in [0, 0.1) is 5.92 Å². The number of piperidine rings is 1. The van der Waals surface area contributed by atoms with Gasteiger partial charge in [-0.15, -0.1) is 0 Å².